The number of carbonyl (C=O) groups excluding carboxylic acids is 1. The summed E-state index contributed by atoms with van der Waals surface area (Å²) in [6, 6.07) is 9.37. The molecule has 0 fully saturated rings. The Labute approximate surface area is 162 Å². The molecule has 24 heavy (non-hydrogen) atoms. The molecule has 0 aliphatic rings. The van der Waals surface area contributed by atoms with Crippen LogP contribution in [0, 0.1) is 4.51 Å². The van der Waals surface area contributed by atoms with Crippen LogP contribution in [-0.4, -0.2) is 10.5 Å². The summed E-state index contributed by atoms with van der Waals surface area (Å²) in [4.78, 5) is 13.7. The van der Waals surface area contributed by atoms with Crippen molar-refractivity contribution in [1.29, 1.82) is 0 Å². The highest BCUT2D eigenvalue weighted by Crippen LogP contribution is 2.31. The Hall–Kier alpha value is -1.21. The molecule has 0 aliphatic carbocycles. The SMILES string of the molecule is CCn1cc(C(=O)NCc2ccc(Cl)cc2)c(=S)c2cc(Br)sc21. The number of benzene rings is 1. The van der Waals surface area contributed by atoms with Gasteiger partial charge in [0, 0.05) is 29.7 Å². The van der Waals surface area contributed by atoms with Crippen LogP contribution in [-0.2, 0) is 13.1 Å². The quantitative estimate of drug-likeness (QED) is 0.519. The lowest BCUT2D eigenvalue weighted by atomic mass is 10.2. The first-order valence-electron chi connectivity index (χ1n) is 7.34. The minimum Gasteiger partial charge on any atom is -0.348 e. The molecule has 2 heterocycles. The van der Waals surface area contributed by atoms with Crippen molar-refractivity contribution < 1.29 is 4.79 Å². The fourth-order valence-electron chi connectivity index (χ4n) is 2.42. The first kappa shape index (κ1) is 17.6. The van der Waals surface area contributed by atoms with Crippen LogP contribution in [0.3, 0.4) is 0 Å². The van der Waals surface area contributed by atoms with E-state index in [-0.39, 0.29) is 5.91 Å². The first-order chi connectivity index (χ1) is 11.5. The van der Waals surface area contributed by atoms with Crippen LogP contribution < -0.4 is 5.32 Å². The zero-order valence-electron chi connectivity index (χ0n) is 12.8. The summed E-state index contributed by atoms with van der Waals surface area (Å²) in [6.45, 7) is 3.25. The number of thiophene rings is 1. The molecule has 7 heteroatoms. The van der Waals surface area contributed by atoms with Gasteiger partial charge in [0.1, 0.15) is 4.83 Å². The van der Waals surface area contributed by atoms with E-state index in [9.17, 15) is 4.79 Å². The van der Waals surface area contributed by atoms with Crippen LogP contribution in [0.15, 0.2) is 40.3 Å². The topological polar surface area (TPSA) is 34.0 Å². The third kappa shape index (κ3) is 3.57. The number of rotatable bonds is 4. The number of aromatic nitrogens is 1. The van der Waals surface area contributed by atoms with Crippen molar-refractivity contribution >= 4 is 67.2 Å². The van der Waals surface area contributed by atoms with Gasteiger partial charge >= 0.3 is 0 Å². The molecule has 0 saturated carbocycles. The van der Waals surface area contributed by atoms with Gasteiger partial charge in [0.15, 0.2) is 0 Å². The van der Waals surface area contributed by atoms with Crippen molar-refractivity contribution in [2.75, 3.05) is 0 Å². The number of amides is 1. The number of hydrogen-bond acceptors (Lipinski definition) is 3. The molecular formula is C17H14BrClN2OS2. The second-order valence-electron chi connectivity index (χ2n) is 5.24. The summed E-state index contributed by atoms with van der Waals surface area (Å²) in [5, 5.41) is 4.54. The lowest BCUT2D eigenvalue weighted by molar-refractivity contribution is 0.0950. The summed E-state index contributed by atoms with van der Waals surface area (Å²) in [7, 11) is 0. The highest BCUT2D eigenvalue weighted by molar-refractivity contribution is 9.11. The van der Waals surface area contributed by atoms with Gasteiger partial charge in [0.05, 0.1) is 13.9 Å². The monoisotopic (exact) mass is 440 g/mol. The Bertz CT molecular complexity index is 963. The van der Waals surface area contributed by atoms with Gasteiger partial charge in [-0.05, 0) is 46.6 Å². The number of aryl methyl sites for hydroxylation is 1. The van der Waals surface area contributed by atoms with Crippen molar-refractivity contribution in [2.45, 2.75) is 20.0 Å². The second-order valence-corrected chi connectivity index (χ2v) is 8.49. The molecule has 0 unspecified atom stereocenters. The molecule has 0 atom stereocenters. The van der Waals surface area contributed by atoms with Crippen molar-refractivity contribution in [3.05, 3.63) is 61.0 Å². The van der Waals surface area contributed by atoms with E-state index in [0.717, 1.165) is 26.1 Å². The number of pyridine rings is 1. The van der Waals surface area contributed by atoms with Crippen molar-refractivity contribution in [3.63, 3.8) is 0 Å². The van der Waals surface area contributed by atoms with Gasteiger partial charge in [-0.25, -0.2) is 0 Å². The van der Waals surface area contributed by atoms with Crippen LogP contribution in [0.2, 0.25) is 5.02 Å². The van der Waals surface area contributed by atoms with Gasteiger partial charge in [-0.2, -0.15) is 0 Å². The molecule has 1 N–H and O–H groups in total. The van der Waals surface area contributed by atoms with Gasteiger partial charge in [0.2, 0.25) is 0 Å². The van der Waals surface area contributed by atoms with E-state index in [2.05, 4.69) is 25.8 Å². The number of halogens is 2. The van der Waals surface area contributed by atoms with E-state index in [1.54, 1.807) is 11.3 Å². The Kier molecular flexibility index (Phi) is 5.39. The molecule has 3 nitrogen and oxygen atoms in total. The minimum absolute atomic E-state index is 0.165. The predicted molar refractivity (Wildman–Crippen MR) is 107 cm³/mol. The smallest absolute Gasteiger partial charge is 0.254 e. The number of hydrogen-bond donors (Lipinski definition) is 1. The summed E-state index contributed by atoms with van der Waals surface area (Å²) in [5.74, 6) is -0.165. The maximum absolute atomic E-state index is 12.6. The van der Waals surface area contributed by atoms with Crippen LogP contribution in [0.25, 0.3) is 10.2 Å². The highest BCUT2D eigenvalue weighted by Gasteiger charge is 2.14. The van der Waals surface area contributed by atoms with Crippen LogP contribution in [0.1, 0.15) is 22.8 Å². The minimum atomic E-state index is -0.165. The molecule has 0 spiro atoms. The third-order valence-corrected chi connectivity index (χ3v) is 6.04. The molecule has 1 aromatic carbocycles. The summed E-state index contributed by atoms with van der Waals surface area (Å²) < 4.78 is 3.65. The van der Waals surface area contributed by atoms with Crippen molar-refractivity contribution in [3.8, 4) is 0 Å². The first-order valence-corrected chi connectivity index (χ1v) is 9.74. The lowest BCUT2D eigenvalue weighted by Crippen LogP contribution is -2.24. The summed E-state index contributed by atoms with van der Waals surface area (Å²) >= 11 is 16.5. The average molecular weight is 442 g/mol. The average Bonchev–Trinajstić information content (AvgIpc) is 2.97. The molecule has 3 aromatic rings. The van der Waals surface area contributed by atoms with E-state index in [4.69, 9.17) is 23.8 Å². The van der Waals surface area contributed by atoms with Gasteiger partial charge in [-0.1, -0.05) is 36.0 Å². The van der Waals surface area contributed by atoms with Crippen LogP contribution >= 0.6 is 51.1 Å². The number of fused-ring (bicyclic) bond motifs is 1. The zero-order chi connectivity index (χ0) is 17.3. The maximum Gasteiger partial charge on any atom is 0.254 e. The van der Waals surface area contributed by atoms with Gasteiger partial charge < -0.3 is 9.88 Å². The van der Waals surface area contributed by atoms with E-state index in [1.807, 2.05) is 43.5 Å². The normalized spacial score (nSPS) is 11.0. The largest absolute Gasteiger partial charge is 0.348 e. The van der Waals surface area contributed by atoms with Gasteiger partial charge in [-0.3, -0.25) is 4.79 Å². The fourth-order valence-corrected chi connectivity index (χ4v) is 4.53. The maximum atomic E-state index is 12.6. The summed E-state index contributed by atoms with van der Waals surface area (Å²) in [5.41, 5.74) is 1.51. The Morgan fingerprint density at radius 2 is 2.08 bits per heavy atom. The number of nitrogens with zero attached hydrogens (tertiary/aromatic N) is 1. The van der Waals surface area contributed by atoms with Crippen molar-refractivity contribution in [1.82, 2.24) is 9.88 Å². The van der Waals surface area contributed by atoms with E-state index < -0.39 is 0 Å². The van der Waals surface area contributed by atoms with Crippen molar-refractivity contribution in [2.24, 2.45) is 0 Å². The lowest BCUT2D eigenvalue weighted by Gasteiger charge is -2.10. The molecule has 0 radical (unpaired) electrons. The molecule has 2 aromatic heterocycles. The van der Waals surface area contributed by atoms with Crippen LogP contribution in [0.4, 0.5) is 0 Å². The molecule has 0 saturated heterocycles. The molecule has 1 amide bonds. The zero-order valence-corrected chi connectivity index (χ0v) is 16.8. The van der Waals surface area contributed by atoms with Gasteiger partial charge in [0.25, 0.3) is 5.91 Å². The molecule has 0 bridgehead atoms. The summed E-state index contributed by atoms with van der Waals surface area (Å²) in [6.07, 6.45) is 1.84. The van der Waals surface area contributed by atoms with E-state index >= 15 is 0 Å². The number of carbonyl (C=O) groups is 1. The highest BCUT2D eigenvalue weighted by atomic mass is 79.9. The Morgan fingerprint density at radius 3 is 2.75 bits per heavy atom. The third-order valence-electron chi connectivity index (χ3n) is 3.67. The van der Waals surface area contributed by atoms with Gasteiger partial charge in [-0.15, -0.1) is 11.3 Å². The van der Waals surface area contributed by atoms with Crippen LogP contribution in [0.5, 0.6) is 0 Å². The Balaban J connectivity index is 1.90. The van der Waals surface area contributed by atoms with E-state index in [1.165, 1.54) is 0 Å². The predicted octanol–water partition coefficient (Wildman–Crippen LogP) is 5.80. The molecular weight excluding hydrogens is 428 g/mol. The second kappa shape index (κ2) is 7.35. The molecule has 124 valence electrons. The van der Waals surface area contributed by atoms with E-state index in [0.29, 0.717) is 21.6 Å². The Morgan fingerprint density at radius 1 is 1.38 bits per heavy atom. The number of nitrogens with one attached hydrogen (secondary N) is 1. The molecule has 3 rings (SSSR count). The standard InChI is InChI=1S/C17H14BrClN2OS2/c1-2-21-9-13(15(23)12-7-14(18)24-17(12)21)16(22)20-8-10-3-5-11(19)6-4-10/h3-7,9H,2,8H2,1H3,(H,20,22). The fraction of sp³-hybridized carbons (Fsp3) is 0.176. The molecule has 0 aliphatic heterocycles.